The molecule has 2 aromatic rings. The van der Waals surface area contributed by atoms with Crippen molar-refractivity contribution in [3.63, 3.8) is 0 Å². The van der Waals surface area contributed by atoms with Gasteiger partial charge in [0, 0.05) is 18.2 Å². The molecule has 1 aromatic carbocycles. The summed E-state index contributed by atoms with van der Waals surface area (Å²) < 4.78 is 6.16. The molecule has 0 fully saturated rings. The van der Waals surface area contributed by atoms with Crippen LogP contribution in [0.15, 0.2) is 23.0 Å². The second-order valence-electron chi connectivity index (χ2n) is 4.28. The van der Waals surface area contributed by atoms with Crippen molar-refractivity contribution < 1.29 is 14.6 Å². The number of rotatable bonds is 3. The Hall–Kier alpha value is -1.95. The molecule has 0 spiro atoms. The molecular weight excluding hydrogens is 278 g/mol. The highest BCUT2D eigenvalue weighted by molar-refractivity contribution is 7.79. The first kappa shape index (κ1) is 14.5. The largest absolute Gasteiger partial charge is 0.506 e. The monoisotopic (exact) mass is 293 g/mol. The normalized spacial score (nSPS) is 10.8. The number of hydrogen-bond acceptors (Lipinski definition) is 5. The van der Waals surface area contributed by atoms with Crippen molar-refractivity contribution in [1.29, 1.82) is 0 Å². The quantitative estimate of drug-likeness (QED) is 0.669. The molecule has 0 aliphatic rings. The summed E-state index contributed by atoms with van der Waals surface area (Å²) in [6, 6.07) is 5.27. The zero-order valence-electron chi connectivity index (χ0n) is 11.2. The second-order valence-corrected chi connectivity index (χ2v) is 4.59. The molecule has 6 heteroatoms. The van der Waals surface area contributed by atoms with Gasteiger partial charge in [-0.15, -0.1) is 0 Å². The van der Waals surface area contributed by atoms with Gasteiger partial charge in [0.2, 0.25) is 0 Å². The third kappa shape index (κ3) is 2.16. The van der Waals surface area contributed by atoms with E-state index in [1.54, 1.807) is 32.2 Å². The number of aromatic hydroxyl groups is 1. The topological polar surface area (TPSA) is 68.5 Å². The van der Waals surface area contributed by atoms with Gasteiger partial charge in [0.1, 0.15) is 5.75 Å². The van der Waals surface area contributed by atoms with Gasteiger partial charge in [0.05, 0.1) is 12.1 Å². The molecule has 0 unspecified atom stereocenters. The summed E-state index contributed by atoms with van der Waals surface area (Å²) in [5, 5.41) is 10.8. The smallest absolute Gasteiger partial charge is 0.347 e. The summed E-state index contributed by atoms with van der Waals surface area (Å²) in [5.74, 6) is -0.779. The zero-order valence-corrected chi connectivity index (χ0v) is 12.1. The average Bonchev–Trinajstić information content (AvgIpc) is 2.44. The van der Waals surface area contributed by atoms with E-state index in [1.807, 2.05) is 0 Å². The fourth-order valence-corrected chi connectivity index (χ4v) is 2.43. The number of benzene rings is 1. The lowest BCUT2D eigenvalue weighted by Crippen LogP contribution is -2.26. The predicted octanol–water partition coefficient (Wildman–Crippen LogP) is 1.85. The summed E-state index contributed by atoms with van der Waals surface area (Å²) in [6.45, 7) is 1.77. The van der Waals surface area contributed by atoms with Gasteiger partial charge < -0.3 is 14.4 Å². The van der Waals surface area contributed by atoms with E-state index in [0.29, 0.717) is 16.7 Å². The van der Waals surface area contributed by atoms with E-state index in [9.17, 15) is 14.7 Å². The van der Waals surface area contributed by atoms with Gasteiger partial charge in [-0.2, -0.15) is 12.6 Å². The van der Waals surface area contributed by atoms with Crippen molar-refractivity contribution in [1.82, 2.24) is 4.57 Å². The maximum atomic E-state index is 12.2. The van der Waals surface area contributed by atoms with E-state index in [4.69, 9.17) is 4.74 Å². The molecule has 0 radical (unpaired) electrons. The molecular formula is C14H15NO4S. The summed E-state index contributed by atoms with van der Waals surface area (Å²) in [6.07, 6.45) is 0. The summed E-state index contributed by atoms with van der Waals surface area (Å²) in [5.41, 5.74) is 0.373. The highest BCUT2D eigenvalue weighted by atomic mass is 32.1. The standard InChI is InChI=1S/C14H15NO4S/c1-3-19-14(18)11-12(16)10-8(7-20)5-4-6-9(10)15(2)13(11)17/h4-6,16,20H,3,7H2,1-2H3. The molecule has 0 atom stereocenters. The molecule has 106 valence electrons. The van der Waals surface area contributed by atoms with Crippen LogP contribution in [0.4, 0.5) is 0 Å². The van der Waals surface area contributed by atoms with Gasteiger partial charge in [-0.25, -0.2) is 4.79 Å². The molecule has 0 saturated heterocycles. The molecule has 0 bridgehead atoms. The Balaban J connectivity index is 2.91. The van der Waals surface area contributed by atoms with E-state index in [0.717, 1.165) is 5.56 Å². The number of carbonyl (C=O) groups excluding carboxylic acids is 1. The molecule has 0 aliphatic heterocycles. The van der Waals surface area contributed by atoms with Gasteiger partial charge in [-0.1, -0.05) is 12.1 Å². The van der Waals surface area contributed by atoms with Gasteiger partial charge in [-0.05, 0) is 18.6 Å². The molecule has 0 amide bonds. The Labute approximate surface area is 121 Å². The number of thiol groups is 1. The Kier molecular flexibility index (Phi) is 4.04. The Morgan fingerprint density at radius 3 is 2.75 bits per heavy atom. The minimum atomic E-state index is -0.818. The van der Waals surface area contributed by atoms with Crippen molar-refractivity contribution >= 4 is 29.5 Å². The van der Waals surface area contributed by atoms with Gasteiger partial charge in [0.25, 0.3) is 5.56 Å². The van der Waals surface area contributed by atoms with Gasteiger partial charge in [0.15, 0.2) is 5.56 Å². The fourth-order valence-electron chi connectivity index (χ4n) is 2.16. The number of nitrogens with zero attached hydrogens (tertiary/aromatic N) is 1. The first-order valence-corrected chi connectivity index (χ1v) is 6.77. The van der Waals surface area contributed by atoms with Crippen LogP contribution >= 0.6 is 12.6 Å². The number of fused-ring (bicyclic) bond motifs is 1. The highest BCUT2D eigenvalue weighted by Gasteiger charge is 2.23. The lowest BCUT2D eigenvalue weighted by Gasteiger charge is -2.13. The predicted molar refractivity (Wildman–Crippen MR) is 79.5 cm³/mol. The van der Waals surface area contributed by atoms with E-state index >= 15 is 0 Å². The Bertz CT molecular complexity index is 736. The molecule has 2 rings (SSSR count). The van der Waals surface area contributed by atoms with Crippen molar-refractivity contribution in [3.05, 3.63) is 39.7 Å². The van der Waals surface area contributed by atoms with E-state index in [1.165, 1.54) is 4.57 Å². The van der Waals surface area contributed by atoms with Crippen LogP contribution in [0.1, 0.15) is 22.8 Å². The molecule has 1 heterocycles. The fraction of sp³-hybridized carbons (Fsp3) is 0.286. The molecule has 1 aromatic heterocycles. The number of aromatic nitrogens is 1. The Morgan fingerprint density at radius 2 is 2.15 bits per heavy atom. The number of esters is 1. The first-order chi connectivity index (χ1) is 9.52. The van der Waals surface area contributed by atoms with Crippen LogP contribution in [0.25, 0.3) is 10.9 Å². The van der Waals surface area contributed by atoms with Gasteiger partial charge >= 0.3 is 5.97 Å². The van der Waals surface area contributed by atoms with Gasteiger partial charge in [-0.3, -0.25) is 4.79 Å². The number of carbonyl (C=O) groups is 1. The second kappa shape index (κ2) is 5.58. The minimum absolute atomic E-state index is 0.133. The summed E-state index contributed by atoms with van der Waals surface area (Å²) >= 11 is 4.21. The summed E-state index contributed by atoms with van der Waals surface area (Å²) in [4.78, 5) is 24.1. The van der Waals surface area contributed by atoms with E-state index < -0.39 is 11.5 Å². The SMILES string of the molecule is CCOC(=O)c1c(O)c2c(CS)cccc2n(C)c1=O. The number of aryl methyl sites for hydroxylation is 1. The van der Waals surface area contributed by atoms with Crippen LogP contribution < -0.4 is 5.56 Å². The zero-order chi connectivity index (χ0) is 14.9. The van der Waals surface area contributed by atoms with Crippen LogP contribution in [0, 0.1) is 0 Å². The van der Waals surface area contributed by atoms with Crippen LogP contribution in [-0.2, 0) is 17.5 Å². The minimum Gasteiger partial charge on any atom is -0.506 e. The van der Waals surface area contributed by atoms with Crippen molar-refractivity contribution in [3.8, 4) is 5.75 Å². The van der Waals surface area contributed by atoms with Crippen molar-refractivity contribution in [2.75, 3.05) is 6.61 Å². The lowest BCUT2D eigenvalue weighted by molar-refractivity contribution is 0.0520. The first-order valence-electron chi connectivity index (χ1n) is 6.14. The highest BCUT2D eigenvalue weighted by Crippen LogP contribution is 2.30. The number of ether oxygens (including phenoxy) is 1. The molecule has 0 aliphatic carbocycles. The Morgan fingerprint density at radius 1 is 1.45 bits per heavy atom. The van der Waals surface area contributed by atoms with Crippen LogP contribution in [0.5, 0.6) is 5.75 Å². The maximum Gasteiger partial charge on any atom is 0.347 e. The van der Waals surface area contributed by atoms with Crippen LogP contribution in [0.3, 0.4) is 0 Å². The van der Waals surface area contributed by atoms with Crippen molar-refractivity contribution in [2.45, 2.75) is 12.7 Å². The molecule has 20 heavy (non-hydrogen) atoms. The molecule has 0 saturated carbocycles. The molecule has 1 N–H and O–H groups in total. The van der Waals surface area contributed by atoms with E-state index in [2.05, 4.69) is 12.6 Å². The third-order valence-electron chi connectivity index (χ3n) is 3.13. The van der Waals surface area contributed by atoms with Crippen LogP contribution in [0.2, 0.25) is 0 Å². The van der Waals surface area contributed by atoms with Crippen LogP contribution in [-0.4, -0.2) is 22.2 Å². The lowest BCUT2D eigenvalue weighted by atomic mass is 10.1. The summed E-state index contributed by atoms with van der Waals surface area (Å²) in [7, 11) is 1.55. The average molecular weight is 293 g/mol. The van der Waals surface area contributed by atoms with E-state index in [-0.39, 0.29) is 17.9 Å². The third-order valence-corrected chi connectivity index (χ3v) is 3.47. The number of pyridine rings is 1. The van der Waals surface area contributed by atoms with Crippen molar-refractivity contribution in [2.24, 2.45) is 7.05 Å². The maximum absolute atomic E-state index is 12.2. The number of hydrogen-bond donors (Lipinski definition) is 2. The molecule has 5 nitrogen and oxygen atoms in total.